The fraction of sp³-hybridized carbons (Fsp3) is 0. The zero-order valence-electron chi connectivity index (χ0n) is 19.9. The second kappa shape index (κ2) is 10.2. The third-order valence-corrected chi connectivity index (χ3v) is 6.03. The first-order valence-corrected chi connectivity index (χ1v) is 11.9. The largest absolute Gasteiger partial charge is 0.457 e. The fourth-order valence-corrected chi connectivity index (χ4v) is 4.25. The molecule has 0 aliphatic carbocycles. The highest BCUT2D eigenvalue weighted by molar-refractivity contribution is 5.76. The predicted octanol–water partition coefficient (Wildman–Crippen LogP) is 7.73. The van der Waals surface area contributed by atoms with E-state index in [4.69, 9.17) is 4.74 Å². The minimum absolute atomic E-state index is 0.723. The zero-order valence-corrected chi connectivity index (χ0v) is 19.9. The first kappa shape index (κ1) is 22.3. The van der Waals surface area contributed by atoms with E-state index in [1.54, 1.807) is 24.8 Å². The lowest BCUT2D eigenvalue weighted by Crippen LogP contribution is -1.91. The molecule has 0 saturated carbocycles. The van der Waals surface area contributed by atoms with Gasteiger partial charge in [-0.05, 0) is 82.9 Å². The van der Waals surface area contributed by atoms with Crippen LogP contribution in [0.15, 0.2) is 135 Å². The lowest BCUT2D eigenvalue weighted by molar-refractivity contribution is 0.483. The van der Waals surface area contributed by atoms with Crippen LogP contribution in [0.1, 0.15) is 0 Å². The average molecular weight is 479 g/mol. The molecule has 176 valence electrons. The Hall–Kier alpha value is -5.16. The van der Waals surface area contributed by atoms with E-state index in [1.807, 2.05) is 97.6 Å². The van der Waals surface area contributed by atoms with E-state index in [0.29, 0.717) is 0 Å². The van der Waals surface area contributed by atoms with Crippen molar-refractivity contribution in [3.05, 3.63) is 135 Å². The van der Waals surface area contributed by atoms with E-state index in [9.17, 15) is 0 Å². The first-order chi connectivity index (χ1) is 18.3. The molecular formula is C32H22N4O. The molecule has 4 heterocycles. The smallest absolute Gasteiger partial charge is 0.128 e. The van der Waals surface area contributed by atoms with Crippen molar-refractivity contribution in [3.8, 4) is 56.0 Å². The fourth-order valence-electron chi connectivity index (χ4n) is 4.25. The lowest BCUT2D eigenvalue weighted by atomic mass is 9.99. The Morgan fingerprint density at radius 2 is 0.649 bits per heavy atom. The highest BCUT2D eigenvalue weighted by Crippen LogP contribution is 2.36. The molecule has 4 aromatic heterocycles. The van der Waals surface area contributed by atoms with Crippen LogP contribution in [-0.2, 0) is 0 Å². The number of nitrogens with zero attached hydrogens (tertiary/aromatic N) is 4. The van der Waals surface area contributed by atoms with Gasteiger partial charge in [0.1, 0.15) is 11.5 Å². The van der Waals surface area contributed by atoms with Gasteiger partial charge >= 0.3 is 0 Å². The van der Waals surface area contributed by atoms with Crippen molar-refractivity contribution in [2.75, 3.05) is 0 Å². The standard InChI is InChI=1S/C32H22N4O/c1-5-23(19-33-9-1)27-13-28(24-6-2-10-34-20-24)16-31(15-27)37-32-17-29(25-7-3-11-35-21-25)14-30(18-32)26-8-4-12-36-22-26/h1-22H. The van der Waals surface area contributed by atoms with Gasteiger partial charge in [0.05, 0.1) is 0 Å². The van der Waals surface area contributed by atoms with E-state index in [0.717, 1.165) is 56.0 Å². The molecule has 0 amide bonds. The van der Waals surface area contributed by atoms with Crippen LogP contribution in [0.25, 0.3) is 44.5 Å². The Labute approximate surface area is 215 Å². The summed E-state index contributed by atoms with van der Waals surface area (Å²) >= 11 is 0. The third kappa shape index (κ3) is 5.11. The molecule has 0 unspecified atom stereocenters. The number of ether oxygens (including phenoxy) is 1. The molecule has 37 heavy (non-hydrogen) atoms. The van der Waals surface area contributed by atoms with Gasteiger partial charge in [-0.25, -0.2) is 0 Å². The number of pyridine rings is 4. The van der Waals surface area contributed by atoms with Gasteiger partial charge in [0, 0.05) is 71.8 Å². The number of benzene rings is 2. The van der Waals surface area contributed by atoms with Crippen molar-refractivity contribution >= 4 is 0 Å². The summed E-state index contributed by atoms with van der Waals surface area (Å²) in [4.78, 5) is 17.2. The van der Waals surface area contributed by atoms with Crippen molar-refractivity contribution in [2.45, 2.75) is 0 Å². The number of hydrogen-bond donors (Lipinski definition) is 0. The Bertz CT molecular complexity index is 1380. The van der Waals surface area contributed by atoms with Gasteiger partial charge in [0.25, 0.3) is 0 Å². The minimum Gasteiger partial charge on any atom is -0.457 e. The Balaban J connectivity index is 1.46. The molecule has 0 fully saturated rings. The van der Waals surface area contributed by atoms with E-state index < -0.39 is 0 Å². The number of aromatic nitrogens is 4. The Morgan fingerprint density at radius 1 is 0.351 bits per heavy atom. The van der Waals surface area contributed by atoms with Crippen LogP contribution in [0, 0.1) is 0 Å². The monoisotopic (exact) mass is 478 g/mol. The molecule has 0 aliphatic rings. The van der Waals surface area contributed by atoms with Crippen LogP contribution in [-0.4, -0.2) is 19.9 Å². The van der Waals surface area contributed by atoms with Crippen molar-refractivity contribution in [1.29, 1.82) is 0 Å². The molecule has 6 rings (SSSR count). The second-order valence-electron chi connectivity index (χ2n) is 8.56. The number of hydrogen-bond acceptors (Lipinski definition) is 5. The molecule has 5 heteroatoms. The summed E-state index contributed by atoms with van der Waals surface area (Å²) in [6, 6.07) is 28.3. The predicted molar refractivity (Wildman–Crippen MR) is 146 cm³/mol. The SMILES string of the molecule is c1cncc(-c2cc(Oc3cc(-c4cccnc4)cc(-c4cccnc4)c3)cc(-c3cccnc3)c2)c1. The zero-order chi connectivity index (χ0) is 24.9. The highest BCUT2D eigenvalue weighted by Gasteiger charge is 2.11. The Morgan fingerprint density at radius 3 is 0.892 bits per heavy atom. The van der Waals surface area contributed by atoms with Crippen LogP contribution in [0.2, 0.25) is 0 Å². The summed E-state index contributed by atoms with van der Waals surface area (Å²) in [5.41, 5.74) is 8.11. The molecular weight excluding hydrogens is 456 g/mol. The first-order valence-electron chi connectivity index (χ1n) is 11.9. The summed E-state index contributed by atoms with van der Waals surface area (Å²) in [6.45, 7) is 0. The second-order valence-corrected chi connectivity index (χ2v) is 8.56. The van der Waals surface area contributed by atoms with Gasteiger partial charge in [-0.15, -0.1) is 0 Å². The molecule has 0 atom stereocenters. The number of rotatable bonds is 6. The van der Waals surface area contributed by atoms with Crippen LogP contribution in [0.5, 0.6) is 11.5 Å². The van der Waals surface area contributed by atoms with Crippen LogP contribution in [0.3, 0.4) is 0 Å². The quantitative estimate of drug-likeness (QED) is 0.245. The molecule has 0 N–H and O–H groups in total. The van der Waals surface area contributed by atoms with Crippen molar-refractivity contribution < 1.29 is 4.74 Å². The maximum absolute atomic E-state index is 6.55. The molecule has 6 aromatic rings. The summed E-state index contributed by atoms with van der Waals surface area (Å²) < 4.78 is 6.55. The van der Waals surface area contributed by atoms with Gasteiger partial charge in [-0.3, -0.25) is 19.9 Å². The van der Waals surface area contributed by atoms with Crippen LogP contribution < -0.4 is 4.74 Å². The van der Waals surface area contributed by atoms with Crippen LogP contribution >= 0.6 is 0 Å². The van der Waals surface area contributed by atoms with E-state index in [-0.39, 0.29) is 0 Å². The third-order valence-electron chi connectivity index (χ3n) is 6.03. The maximum Gasteiger partial charge on any atom is 0.128 e. The maximum atomic E-state index is 6.55. The summed E-state index contributed by atoms with van der Waals surface area (Å²) in [5.74, 6) is 1.45. The van der Waals surface area contributed by atoms with Crippen molar-refractivity contribution in [3.63, 3.8) is 0 Å². The highest BCUT2D eigenvalue weighted by atomic mass is 16.5. The van der Waals surface area contributed by atoms with Gasteiger partial charge < -0.3 is 4.74 Å². The normalized spacial score (nSPS) is 10.7. The average Bonchev–Trinajstić information content (AvgIpc) is 2.99. The van der Waals surface area contributed by atoms with Gasteiger partial charge in [-0.1, -0.05) is 24.3 Å². The van der Waals surface area contributed by atoms with Gasteiger partial charge in [0.15, 0.2) is 0 Å². The van der Waals surface area contributed by atoms with Crippen molar-refractivity contribution in [1.82, 2.24) is 19.9 Å². The molecule has 0 saturated heterocycles. The summed E-state index contributed by atoms with van der Waals surface area (Å²) in [6.07, 6.45) is 14.5. The van der Waals surface area contributed by atoms with Gasteiger partial charge in [0.2, 0.25) is 0 Å². The van der Waals surface area contributed by atoms with E-state index in [2.05, 4.69) is 32.1 Å². The topological polar surface area (TPSA) is 60.8 Å². The molecule has 0 radical (unpaired) electrons. The lowest BCUT2D eigenvalue weighted by Gasteiger charge is -2.14. The summed E-state index contributed by atoms with van der Waals surface area (Å²) in [5, 5.41) is 0. The molecule has 2 aromatic carbocycles. The molecule has 5 nitrogen and oxygen atoms in total. The molecule has 0 bridgehead atoms. The molecule has 0 spiro atoms. The van der Waals surface area contributed by atoms with E-state index >= 15 is 0 Å². The van der Waals surface area contributed by atoms with Crippen LogP contribution in [0.4, 0.5) is 0 Å². The van der Waals surface area contributed by atoms with Crippen molar-refractivity contribution in [2.24, 2.45) is 0 Å². The minimum atomic E-state index is 0.723. The molecule has 0 aliphatic heterocycles. The Kier molecular flexibility index (Phi) is 6.16. The van der Waals surface area contributed by atoms with E-state index in [1.165, 1.54) is 0 Å². The van der Waals surface area contributed by atoms with Gasteiger partial charge in [-0.2, -0.15) is 0 Å². The summed E-state index contributed by atoms with van der Waals surface area (Å²) in [7, 11) is 0.